The number of nitrogens with one attached hydrogen (secondary N) is 3. The number of benzene rings is 2. The van der Waals surface area contributed by atoms with Gasteiger partial charge in [0.25, 0.3) is 5.91 Å². The van der Waals surface area contributed by atoms with Crippen molar-refractivity contribution < 1.29 is 19.1 Å². The zero-order valence-electron chi connectivity index (χ0n) is 18.8. The molecule has 31 heavy (non-hydrogen) atoms. The van der Waals surface area contributed by atoms with Gasteiger partial charge in [-0.05, 0) is 61.1 Å². The molecular weight excluding hydrogens is 394 g/mol. The average Bonchev–Trinajstić information content (AvgIpc) is 2.71. The first-order chi connectivity index (χ1) is 14.7. The van der Waals surface area contributed by atoms with Crippen molar-refractivity contribution in [3.63, 3.8) is 0 Å². The molecule has 2 rings (SSSR count). The molecule has 3 amide bonds. The molecular formula is C24H31N3O4. The lowest BCUT2D eigenvalue weighted by Crippen LogP contribution is -2.44. The number of carbonyl (C=O) groups excluding carboxylic acids is 3. The van der Waals surface area contributed by atoms with Gasteiger partial charge in [0.1, 0.15) is 5.75 Å². The second-order valence-electron chi connectivity index (χ2n) is 7.95. The monoisotopic (exact) mass is 425 g/mol. The van der Waals surface area contributed by atoms with Crippen LogP contribution in [0.4, 0.5) is 5.69 Å². The molecule has 0 heterocycles. The number of aryl methyl sites for hydroxylation is 3. The first-order valence-corrected chi connectivity index (χ1v) is 10.3. The third-order valence-electron chi connectivity index (χ3n) is 4.74. The predicted molar refractivity (Wildman–Crippen MR) is 121 cm³/mol. The number of hydrogen-bond donors (Lipinski definition) is 3. The lowest BCUT2D eigenvalue weighted by atomic mass is 10.0. The van der Waals surface area contributed by atoms with Crippen molar-refractivity contribution in [3.05, 3.63) is 58.7 Å². The largest absolute Gasteiger partial charge is 0.483 e. The maximum absolute atomic E-state index is 12.1. The van der Waals surface area contributed by atoms with Gasteiger partial charge >= 0.3 is 0 Å². The van der Waals surface area contributed by atoms with Crippen molar-refractivity contribution in [2.45, 2.75) is 53.4 Å². The summed E-state index contributed by atoms with van der Waals surface area (Å²) in [5.74, 6) is -0.292. The van der Waals surface area contributed by atoms with Gasteiger partial charge in [-0.25, -0.2) is 0 Å². The van der Waals surface area contributed by atoms with Crippen molar-refractivity contribution in [2.24, 2.45) is 0 Å². The summed E-state index contributed by atoms with van der Waals surface area (Å²) in [6.07, 6.45) is -0.0418. The molecule has 0 aliphatic carbocycles. The van der Waals surface area contributed by atoms with E-state index in [2.05, 4.69) is 16.2 Å². The first kappa shape index (κ1) is 23.9. The van der Waals surface area contributed by atoms with Gasteiger partial charge in [0.05, 0.1) is 0 Å². The quantitative estimate of drug-likeness (QED) is 0.562. The number of carbonyl (C=O) groups is 3. The summed E-state index contributed by atoms with van der Waals surface area (Å²) in [5.41, 5.74) is 9.38. The number of hydrogen-bond acceptors (Lipinski definition) is 4. The Hall–Kier alpha value is -3.35. The first-order valence-electron chi connectivity index (χ1n) is 10.3. The fourth-order valence-electron chi connectivity index (χ4n) is 2.94. The maximum Gasteiger partial charge on any atom is 0.276 e. The minimum atomic E-state index is -0.482. The average molecular weight is 426 g/mol. The Morgan fingerprint density at radius 3 is 2.16 bits per heavy atom. The fourth-order valence-corrected chi connectivity index (χ4v) is 2.94. The third-order valence-corrected chi connectivity index (χ3v) is 4.74. The summed E-state index contributed by atoms with van der Waals surface area (Å²) >= 11 is 0. The maximum atomic E-state index is 12.1. The van der Waals surface area contributed by atoms with Crippen molar-refractivity contribution in [2.75, 3.05) is 11.9 Å². The molecule has 0 aliphatic heterocycles. The van der Waals surface area contributed by atoms with Crippen molar-refractivity contribution in [1.29, 1.82) is 0 Å². The second-order valence-corrected chi connectivity index (χ2v) is 7.95. The molecule has 2 aromatic carbocycles. The van der Waals surface area contributed by atoms with Crippen LogP contribution in [0.3, 0.4) is 0 Å². The van der Waals surface area contributed by atoms with Crippen LogP contribution >= 0.6 is 0 Å². The minimum Gasteiger partial charge on any atom is -0.483 e. The molecule has 7 nitrogen and oxygen atoms in total. The SMILES string of the molecule is Cc1ccc(C)c(NC(=O)CCC(=O)NNC(=O)COc2cc(C)ccc2C(C)C)c1. The second kappa shape index (κ2) is 11.2. The number of ether oxygens (including phenoxy) is 1. The van der Waals surface area contributed by atoms with E-state index in [-0.39, 0.29) is 31.3 Å². The molecule has 0 radical (unpaired) electrons. The van der Waals surface area contributed by atoms with Crippen LogP contribution in [-0.4, -0.2) is 24.3 Å². The highest BCUT2D eigenvalue weighted by Crippen LogP contribution is 2.27. The minimum absolute atomic E-state index is 0.00657. The summed E-state index contributed by atoms with van der Waals surface area (Å²) < 4.78 is 5.63. The van der Waals surface area contributed by atoms with Crippen LogP contribution in [0.2, 0.25) is 0 Å². The van der Waals surface area contributed by atoms with Gasteiger partial charge in [0.15, 0.2) is 6.61 Å². The molecule has 3 N–H and O–H groups in total. The number of amides is 3. The summed E-state index contributed by atoms with van der Waals surface area (Å²) in [4.78, 5) is 36.0. The molecule has 0 aliphatic rings. The standard InChI is InChI=1S/C24H31N3O4/c1-15(2)19-9-7-17(4)13-21(19)31-14-24(30)27-26-23(29)11-10-22(28)25-20-12-16(3)6-8-18(20)5/h6-9,12-13,15H,10-11,14H2,1-5H3,(H,25,28)(H,26,29)(H,27,30). The van der Waals surface area contributed by atoms with E-state index in [0.717, 1.165) is 27.9 Å². The highest BCUT2D eigenvalue weighted by molar-refractivity contribution is 5.94. The molecule has 166 valence electrons. The zero-order chi connectivity index (χ0) is 23.0. The number of rotatable bonds is 8. The van der Waals surface area contributed by atoms with Crippen molar-refractivity contribution in [1.82, 2.24) is 10.9 Å². The highest BCUT2D eigenvalue weighted by atomic mass is 16.5. The van der Waals surface area contributed by atoms with E-state index in [0.29, 0.717) is 5.75 Å². The van der Waals surface area contributed by atoms with E-state index in [1.54, 1.807) is 0 Å². The van der Waals surface area contributed by atoms with Crippen LogP contribution in [-0.2, 0) is 14.4 Å². The van der Waals surface area contributed by atoms with Crippen LogP contribution in [0.25, 0.3) is 0 Å². The van der Waals surface area contributed by atoms with Crippen molar-refractivity contribution in [3.8, 4) is 5.75 Å². The Labute approximate surface area is 183 Å². The number of anilines is 1. The van der Waals surface area contributed by atoms with Gasteiger partial charge in [-0.2, -0.15) is 0 Å². The Morgan fingerprint density at radius 2 is 1.45 bits per heavy atom. The Kier molecular flexibility index (Phi) is 8.61. The van der Waals surface area contributed by atoms with Gasteiger partial charge < -0.3 is 10.1 Å². The molecule has 0 fully saturated rings. The van der Waals surface area contributed by atoms with Gasteiger partial charge in [0.2, 0.25) is 11.8 Å². The lowest BCUT2D eigenvalue weighted by Gasteiger charge is -2.15. The van der Waals surface area contributed by atoms with Gasteiger partial charge in [-0.3, -0.25) is 25.2 Å². The van der Waals surface area contributed by atoms with E-state index >= 15 is 0 Å². The molecule has 0 saturated heterocycles. The lowest BCUT2D eigenvalue weighted by molar-refractivity contribution is -0.130. The van der Waals surface area contributed by atoms with E-state index < -0.39 is 11.8 Å². The predicted octanol–water partition coefficient (Wildman–Crippen LogP) is 3.68. The molecule has 0 spiro atoms. The van der Waals surface area contributed by atoms with Crippen LogP contribution < -0.4 is 20.9 Å². The van der Waals surface area contributed by atoms with Crippen molar-refractivity contribution >= 4 is 23.4 Å². The van der Waals surface area contributed by atoms with E-state index in [4.69, 9.17) is 4.74 Å². The highest BCUT2D eigenvalue weighted by Gasteiger charge is 2.12. The van der Waals surface area contributed by atoms with Gasteiger partial charge in [0, 0.05) is 18.5 Å². The van der Waals surface area contributed by atoms with Crippen LogP contribution in [0, 0.1) is 20.8 Å². The summed E-state index contributed by atoms with van der Waals surface area (Å²) in [6, 6.07) is 11.6. The fraction of sp³-hybridized carbons (Fsp3) is 0.375. The Balaban J connectivity index is 1.74. The van der Waals surface area contributed by atoms with Gasteiger partial charge in [-0.15, -0.1) is 0 Å². The van der Waals surface area contributed by atoms with Crippen LogP contribution in [0.1, 0.15) is 54.9 Å². The molecule has 0 bridgehead atoms. The van der Waals surface area contributed by atoms with E-state index in [1.807, 2.05) is 71.0 Å². The molecule has 7 heteroatoms. The summed E-state index contributed by atoms with van der Waals surface area (Å²) in [6.45, 7) is 9.67. The topological polar surface area (TPSA) is 96.5 Å². The molecule has 0 unspecified atom stereocenters. The van der Waals surface area contributed by atoms with Crippen LogP contribution in [0.5, 0.6) is 5.75 Å². The zero-order valence-corrected chi connectivity index (χ0v) is 18.8. The molecule has 0 aromatic heterocycles. The van der Waals surface area contributed by atoms with Gasteiger partial charge in [-0.1, -0.05) is 38.1 Å². The summed E-state index contributed by atoms with van der Waals surface area (Å²) in [5, 5.41) is 2.80. The van der Waals surface area contributed by atoms with Crippen LogP contribution in [0.15, 0.2) is 36.4 Å². The Morgan fingerprint density at radius 1 is 0.839 bits per heavy atom. The normalized spacial score (nSPS) is 10.5. The Bertz CT molecular complexity index is 954. The smallest absolute Gasteiger partial charge is 0.276 e. The molecule has 0 saturated carbocycles. The van der Waals surface area contributed by atoms with E-state index in [1.165, 1.54) is 0 Å². The summed E-state index contributed by atoms with van der Waals surface area (Å²) in [7, 11) is 0. The molecule has 0 atom stereocenters. The molecule has 2 aromatic rings. The van der Waals surface area contributed by atoms with E-state index in [9.17, 15) is 14.4 Å². The number of hydrazine groups is 1. The third kappa shape index (κ3) is 7.77.